The van der Waals surface area contributed by atoms with Gasteiger partial charge in [0.2, 0.25) is 10.0 Å². The Kier molecular flexibility index (Phi) is 7.66. The molecule has 1 aliphatic rings. The molecule has 3 aromatic rings. The fraction of sp³-hybridized carbons (Fsp3) is 0.240. The Bertz CT molecular complexity index is 1360. The number of benzene rings is 3. The number of hydrogen-bond donors (Lipinski definition) is 1. The lowest BCUT2D eigenvalue weighted by Crippen LogP contribution is -2.29. The van der Waals surface area contributed by atoms with Crippen LogP contribution in [0.2, 0.25) is 10.0 Å². The molecule has 4 rings (SSSR count). The molecule has 184 valence electrons. The van der Waals surface area contributed by atoms with Gasteiger partial charge in [-0.25, -0.2) is 17.5 Å². The van der Waals surface area contributed by atoms with E-state index >= 15 is 0 Å². The molecule has 1 unspecified atom stereocenters. The van der Waals surface area contributed by atoms with Crippen molar-refractivity contribution >= 4 is 44.6 Å². The fourth-order valence-corrected chi connectivity index (χ4v) is 5.31. The van der Waals surface area contributed by atoms with Crippen molar-refractivity contribution in [1.29, 1.82) is 0 Å². The molecule has 0 spiro atoms. The van der Waals surface area contributed by atoms with Gasteiger partial charge in [0.15, 0.2) is 0 Å². The summed E-state index contributed by atoms with van der Waals surface area (Å²) in [6.45, 7) is 4.02. The van der Waals surface area contributed by atoms with E-state index in [1.54, 1.807) is 30.1 Å². The summed E-state index contributed by atoms with van der Waals surface area (Å²) < 4.78 is 47.5. The second kappa shape index (κ2) is 10.5. The van der Waals surface area contributed by atoms with Crippen LogP contribution in [0, 0.1) is 12.7 Å². The lowest BCUT2D eigenvalue weighted by atomic mass is 10.0. The number of nitrogens with one attached hydrogen (secondary N) is 1. The maximum atomic E-state index is 13.9. The Balaban J connectivity index is 1.60. The topological polar surface area (TPSA) is 71.0 Å². The van der Waals surface area contributed by atoms with E-state index in [0.29, 0.717) is 40.0 Å². The summed E-state index contributed by atoms with van der Waals surface area (Å²) in [5.41, 5.74) is 2.58. The summed E-state index contributed by atoms with van der Waals surface area (Å²) in [5, 5.41) is 7.37. The minimum atomic E-state index is -3.93. The quantitative estimate of drug-likeness (QED) is 0.376. The highest BCUT2D eigenvalue weighted by Crippen LogP contribution is 2.40. The molecule has 35 heavy (non-hydrogen) atoms. The van der Waals surface area contributed by atoms with Gasteiger partial charge < -0.3 is 4.74 Å². The molecule has 1 atom stereocenters. The molecule has 0 saturated heterocycles. The largest absolute Gasteiger partial charge is 0.494 e. The molecule has 0 fully saturated rings. The van der Waals surface area contributed by atoms with Crippen LogP contribution in [0.15, 0.2) is 70.7 Å². The number of sulfonamides is 1. The van der Waals surface area contributed by atoms with E-state index in [0.717, 1.165) is 17.4 Å². The highest BCUT2D eigenvalue weighted by Gasteiger charge is 2.31. The van der Waals surface area contributed by atoms with E-state index in [1.807, 2.05) is 31.2 Å². The third-order valence-corrected chi connectivity index (χ3v) is 7.56. The van der Waals surface area contributed by atoms with E-state index < -0.39 is 15.8 Å². The number of hydrazone groups is 1. The van der Waals surface area contributed by atoms with Gasteiger partial charge in [-0.1, -0.05) is 41.4 Å². The SMILES string of the molecule is CCOc1ccc(C2CC(CNS(=O)(=O)c3ccc(C)c(F)c3)=NN2c2ccc(Cl)cc2Cl)cc1. The van der Waals surface area contributed by atoms with Gasteiger partial charge in [0.25, 0.3) is 0 Å². The van der Waals surface area contributed by atoms with E-state index in [4.69, 9.17) is 27.9 Å². The summed E-state index contributed by atoms with van der Waals surface area (Å²) >= 11 is 12.5. The summed E-state index contributed by atoms with van der Waals surface area (Å²) in [6, 6.07) is 16.4. The van der Waals surface area contributed by atoms with E-state index in [-0.39, 0.29) is 17.5 Å². The second-order valence-electron chi connectivity index (χ2n) is 8.06. The van der Waals surface area contributed by atoms with E-state index in [1.165, 1.54) is 12.1 Å². The maximum absolute atomic E-state index is 13.9. The third kappa shape index (κ3) is 5.78. The summed E-state index contributed by atoms with van der Waals surface area (Å²) in [4.78, 5) is -0.139. The number of aryl methyl sites for hydroxylation is 1. The van der Waals surface area contributed by atoms with Crippen LogP contribution >= 0.6 is 23.2 Å². The van der Waals surface area contributed by atoms with Gasteiger partial charge in [-0.2, -0.15) is 5.10 Å². The molecule has 1 heterocycles. The Hall–Kier alpha value is -2.65. The molecular formula is C25H24Cl2FN3O3S. The van der Waals surface area contributed by atoms with Crippen molar-refractivity contribution in [3.63, 3.8) is 0 Å². The molecule has 0 bridgehead atoms. The van der Waals surface area contributed by atoms with Crippen LogP contribution < -0.4 is 14.5 Å². The van der Waals surface area contributed by atoms with Gasteiger partial charge >= 0.3 is 0 Å². The van der Waals surface area contributed by atoms with Gasteiger partial charge in [-0.3, -0.25) is 5.01 Å². The van der Waals surface area contributed by atoms with Crippen molar-refractivity contribution in [1.82, 2.24) is 4.72 Å². The summed E-state index contributed by atoms with van der Waals surface area (Å²) in [6.07, 6.45) is 0.456. The predicted octanol–water partition coefficient (Wildman–Crippen LogP) is 6.13. The Morgan fingerprint density at radius 1 is 1.11 bits per heavy atom. The molecule has 0 amide bonds. The van der Waals surface area contributed by atoms with Crippen LogP contribution in [0.5, 0.6) is 5.75 Å². The zero-order chi connectivity index (χ0) is 25.2. The zero-order valence-corrected chi connectivity index (χ0v) is 21.5. The maximum Gasteiger partial charge on any atom is 0.241 e. The molecule has 0 radical (unpaired) electrons. The number of halogens is 3. The molecule has 3 aromatic carbocycles. The highest BCUT2D eigenvalue weighted by molar-refractivity contribution is 7.89. The first-order chi connectivity index (χ1) is 16.7. The number of anilines is 1. The molecule has 6 nitrogen and oxygen atoms in total. The van der Waals surface area contributed by atoms with Crippen LogP contribution in [0.25, 0.3) is 0 Å². The number of nitrogens with zero attached hydrogens (tertiary/aromatic N) is 2. The van der Waals surface area contributed by atoms with Crippen molar-refractivity contribution in [2.75, 3.05) is 18.2 Å². The van der Waals surface area contributed by atoms with Crippen molar-refractivity contribution in [2.45, 2.75) is 31.2 Å². The van der Waals surface area contributed by atoms with Gasteiger partial charge in [-0.05, 0) is 67.4 Å². The van der Waals surface area contributed by atoms with Crippen LogP contribution in [0.3, 0.4) is 0 Å². The van der Waals surface area contributed by atoms with Crippen LogP contribution in [0.1, 0.15) is 30.5 Å². The minimum Gasteiger partial charge on any atom is -0.494 e. The first-order valence-corrected chi connectivity index (χ1v) is 13.2. The van der Waals surface area contributed by atoms with Crippen LogP contribution in [-0.2, 0) is 10.0 Å². The van der Waals surface area contributed by atoms with Gasteiger partial charge in [0.1, 0.15) is 11.6 Å². The molecule has 1 N–H and O–H groups in total. The Morgan fingerprint density at radius 3 is 2.51 bits per heavy atom. The molecule has 10 heteroatoms. The van der Waals surface area contributed by atoms with Crippen LogP contribution in [-0.4, -0.2) is 27.3 Å². The average molecular weight is 536 g/mol. The Morgan fingerprint density at radius 2 is 1.86 bits per heavy atom. The third-order valence-electron chi connectivity index (χ3n) is 5.63. The van der Waals surface area contributed by atoms with Gasteiger partial charge in [0, 0.05) is 11.4 Å². The number of hydrogen-bond acceptors (Lipinski definition) is 5. The van der Waals surface area contributed by atoms with Crippen molar-refractivity contribution in [3.05, 3.63) is 87.7 Å². The lowest BCUT2D eigenvalue weighted by Gasteiger charge is -2.25. The number of ether oxygens (including phenoxy) is 1. The standard InChI is InChI=1S/C25H24Cl2FN3O3S/c1-3-34-20-8-5-17(6-9-20)25-13-19(30-31(25)24-11-7-18(26)12-22(24)27)15-29-35(32,33)21-10-4-16(2)23(28)14-21/h4-12,14,25,29H,3,13,15H2,1-2H3. The lowest BCUT2D eigenvalue weighted by molar-refractivity contribution is 0.340. The Labute approximate surface area is 214 Å². The molecule has 0 aromatic heterocycles. The first kappa shape index (κ1) is 25.4. The molecule has 0 aliphatic carbocycles. The first-order valence-electron chi connectivity index (χ1n) is 11.0. The molecule has 1 aliphatic heterocycles. The monoisotopic (exact) mass is 535 g/mol. The van der Waals surface area contributed by atoms with E-state index in [2.05, 4.69) is 9.82 Å². The average Bonchev–Trinajstić information content (AvgIpc) is 3.24. The van der Waals surface area contributed by atoms with Crippen molar-refractivity contribution in [2.24, 2.45) is 5.10 Å². The second-order valence-corrected chi connectivity index (χ2v) is 10.7. The minimum absolute atomic E-state index is 0.0347. The fourth-order valence-electron chi connectivity index (χ4n) is 3.78. The zero-order valence-electron chi connectivity index (χ0n) is 19.1. The summed E-state index contributed by atoms with van der Waals surface area (Å²) in [5.74, 6) is 0.176. The summed E-state index contributed by atoms with van der Waals surface area (Å²) in [7, 11) is -3.93. The molecular weight excluding hydrogens is 512 g/mol. The smallest absolute Gasteiger partial charge is 0.241 e. The highest BCUT2D eigenvalue weighted by atomic mass is 35.5. The van der Waals surface area contributed by atoms with Gasteiger partial charge in [-0.15, -0.1) is 0 Å². The molecule has 0 saturated carbocycles. The van der Waals surface area contributed by atoms with Crippen molar-refractivity contribution in [3.8, 4) is 5.75 Å². The number of rotatable bonds is 8. The van der Waals surface area contributed by atoms with Crippen LogP contribution in [0.4, 0.5) is 10.1 Å². The van der Waals surface area contributed by atoms with Gasteiger partial charge in [0.05, 0.1) is 40.5 Å². The normalized spacial score (nSPS) is 15.9. The van der Waals surface area contributed by atoms with E-state index in [9.17, 15) is 12.8 Å². The van der Waals surface area contributed by atoms with Crippen molar-refractivity contribution < 1.29 is 17.5 Å². The predicted molar refractivity (Wildman–Crippen MR) is 138 cm³/mol.